The van der Waals surface area contributed by atoms with E-state index in [1.807, 2.05) is 125 Å². The average Bonchev–Trinajstić information content (AvgIpc) is 3.39. The topological polar surface area (TPSA) is 287 Å². The summed E-state index contributed by atoms with van der Waals surface area (Å²) in [7, 11) is 0. The summed E-state index contributed by atoms with van der Waals surface area (Å²) in [4.78, 5) is 84.8. The number of aromatic nitrogens is 3. The number of nitrogens with one attached hydrogen (secondary N) is 1. The van der Waals surface area contributed by atoms with Crippen molar-refractivity contribution in [1.82, 2.24) is 20.3 Å². The molecular weight excluding hydrogens is 1160 g/mol. The molecule has 23 heteroatoms. The fourth-order valence-corrected chi connectivity index (χ4v) is 12.5. The van der Waals surface area contributed by atoms with Crippen LogP contribution < -0.4 is 29.9 Å². The zero-order valence-corrected chi connectivity index (χ0v) is 49.8. The van der Waals surface area contributed by atoms with Crippen molar-refractivity contribution in [3.63, 3.8) is 0 Å². The number of rotatable bonds is 14. The first-order valence-corrected chi connectivity index (χ1v) is 29.2. The number of thiophene rings is 4. The third-order valence-electron chi connectivity index (χ3n) is 12.4. The molecule has 7 aromatic heterocycles. The number of Topliss-reactive ketones (excluding diaryl/α,β-unsaturated/α-hetero) is 1. The summed E-state index contributed by atoms with van der Waals surface area (Å²) < 4.78 is 30.5. The number of nitrogens with zero attached hydrogens (tertiary/aromatic N) is 3. The minimum atomic E-state index is -1.12. The number of aromatic carboxylic acids is 1. The van der Waals surface area contributed by atoms with Gasteiger partial charge in [-0.2, -0.15) is 0 Å². The van der Waals surface area contributed by atoms with E-state index in [0.717, 1.165) is 62.6 Å². The van der Waals surface area contributed by atoms with Crippen LogP contribution in [0.3, 0.4) is 0 Å². The van der Waals surface area contributed by atoms with Gasteiger partial charge in [0.15, 0.2) is 17.7 Å². The van der Waals surface area contributed by atoms with E-state index in [4.69, 9.17) is 33.6 Å². The SMILES string of the molecule is CCOC(=O)c1oc(C)nc1-c1cccc2ccsc12.CCOC(=O)c1oc(C)nc1-c1cccc2ccsc12.Cc1nc(-c2cccc3ccsc23)c(C(=O)NC(Cc2ccccc2)C(=O)C(N)=O)o1.O=C(O)c1cccc2ccsc12.[Li+].[OH-]. The Kier molecular flexibility index (Phi) is 21.8. The van der Waals surface area contributed by atoms with Gasteiger partial charge in [0.1, 0.15) is 23.1 Å². The van der Waals surface area contributed by atoms with E-state index in [-0.39, 0.29) is 48.0 Å². The van der Waals surface area contributed by atoms with Crippen LogP contribution in [0.15, 0.2) is 162 Å². The van der Waals surface area contributed by atoms with Crippen molar-refractivity contribution in [2.24, 2.45) is 5.73 Å². The van der Waals surface area contributed by atoms with Gasteiger partial charge in [0.05, 0.1) is 18.8 Å². The van der Waals surface area contributed by atoms with E-state index in [2.05, 4.69) is 20.3 Å². The maximum absolute atomic E-state index is 13.1. The second-order valence-corrected chi connectivity index (χ2v) is 21.7. The maximum atomic E-state index is 13.1. The second kappa shape index (κ2) is 29.1. The Bertz CT molecular complexity index is 4190. The van der Waals surface area contributed by atoms with Crippen LogP contribution in [0.5, 0.6) is 0 Å². The number of ether oxygens (including phenoxy) is 2. The number of nitrogens with two attached hydrogens (primary N) is 1. The molecule has 85 heavy (non-hydrogen) atoms. The van der Waals surface area contributed by atoms with Crippen LogP contribution in [0.2, 0.25) is 0 Å². The molecule has 2 amide bonds. The number of amides is 2. The molecule has 5 N–H and O–H groups in total. The number of carbonyl (C=O) groups is 6. The van der Waals surface area contributed by atoms with Crippen LogP contribution in [0.4, 0.5) is 0 Å². The van der Waals surface area contributed by atoms with Gasteiger partial charge in [0.25, 0.3) is 11.8 Å². The number of ketones is 1. The number of esters is 2. The van der Waals surface area contributed by atoms with Gasteiger partial charge in [-0.1, -0.05) is 97.1 Å². The molecule has 12 rings (SSSR count). The minimum absolute atomic E-state index is 0. The normalized spacial score (nSPS) is 10.9. The number of primary amides is 1. The van der Waals surface area contributed by atoms with E-state index < -0.39 is 41.5 Å². The molecule has 0 aliphatic heterocycles. The van der Waals surface area contributed by atoms with Crippen molar-refractivity contribution < 1.29 is 80.9 Å². The van der Waals surface area contributed by atoms with E-state index in [0.29, 0.717) is 53.5 Å². The summed E-state index contributed by atoms with van der Waals surface area (Å²) in [6.07, 6.45) is 0.122. The van der Waals surface area contributed by atoms with Gasteiger partial charge >= 0.3 is 36.8 Å². The summed E-state index contributed by atoms with van der Waals surface area (Å²) in [5.41, 5.74) is 10.4. The zero-order chi connectivity index (χ0) is 58.7. The van der Waals surface area contributed by atoms with Crippen LogP contribution in [0, 0.1) is 20.8 Å². The summed E-state index contributed by atoms with van der Waals surface area (Å²) in [5, 5.41) is 23.6. The number of carboxylic acid groups (broad SMARTS) is 1. The molecule has 12 aromatic rings. The molecule has 0 saturated carbocycles. The van der Waals surface area contributed by atoms with Crippen molar-refractivity contribution >= 4 is 121 Å². The predicted octanol–water partition coefficient (Wildman–Crippen LogP) is 10.8. The van der Waals surface area contributed by atoms with Gasteiger partial charge in [-0.05, 0) is 92.8 Å². The Morgan fingerprint density at radius 2 is 0.906 bits per heavy atom. The molecule has 0 fully saturated rings. The number of benzene rings is 5. The number of oxazole rings is 3. The Morgan fingerprint density at radius 3 is 1.31 bits per heavy atom. The Balaban J connectivity index is 0.000000169. The number of carbonyl (C=O) groups excluding carboxylic acids is 5. The quantitative estimate of drug-likeness (QED) is 0.0518. The van der Waals surface area contributed by atoms with Gasteiger partial charge in [0.2, 0.25) is 23.1 Å². The largest absolute Gasteiger partial charge is 1.00 e. The van der Waals surface area contributed by atoms with Crippen LogP contribution >= 0.6 is 45.3 Å². The molecule has 428 valence electrons. The molecule has 1 atom stereocenters. The molecule has 0 spiro atoms. The van der Waals surface area contributed by atoms with Gasteiger partial charge in [-0.15, -0.1) is 45.3 Å². The number of hydrogen-bond acceptors (Lipinski definition) is 19. The second-order valence-electron chi connectivity index (χ2n) is 18.0. The molecule has 0 saturated heterocycles. The third-order valence-corrected chi connectivity index (χ3v) is 16.2. The van der Waals surface area contributed by atoms with Crippen LogP contribution in [0.1, 0.15) is 79.1 Å². The minimum Gasteiger partial charge on any atom is -0.870 e. The summed E-state index contributed by atoms with van der Waals surface area (Å²) in [6.45, 7) is 9.23. The molecule has 0 radical (unpaired) electrons. The van der Waals surface area contributed by atoms with Crippen molar-refractivity contribution in [3.05, 3.63) is 195 Å². The van der Waals surface area contributed by atoms with Crippen molar-refractivity contribution in [2.75, 3.05) is 13.2 Å². The molecule has 1 unspecified atom stereocenters. The van der Waals surface area contributed by atoms with E-state index in [1.165, 1.54) is 22.7 Å². The van der Waals surface area contributed by atoms with Gasteiger partial charge in [0, 0.05) is 62.7 Å². The molecule has 7 heterocycles. The van der Waals surface area contributed by atoms with Crippen molar-refractivity contribution in [1.29, 1.82) is 0 Å². The Labute approximate surface area is 513 Å². The standard InChI is InChI=1S/C23H19N3O4S.2C15H13NO3S.C9H6O2S.Li.H2O/c1-13-25-18(16-9-5-8-15-10-11-31-21(15)16)20(30-13)23(29)26-17(19(27)22(24)28)12-14-6-3-2-4-7-14;2*1-3-18-15(17)13-12(16-9(2)19-13)11-6-4-5-10-7-8-20-14(10)11;10-9(11)7-3-1-2-6-4-5-12-8(6)7;;/h2-11,17H,12H2,1H3,(H2,24,28)(H,26,29);2*4-8H,3H2,1-2H3;1-5H,(H,10,11);;1H2/q;;;;+1;/p-1. The van der Waals surface area contributed by atoms with E-state index in [1.54, 1.807) is 81.6 Å². The van der Waals surface area contributed by atoms with Gasteiger partial charge in [-0.25, -0.2) is 29.3 Å². The van der Waals surface area contributed by atoms with E-state index in [9.17, 15) is 28.8 Å². The first kappa shape index (κ1) is 63.7. The molecule has 0 aliphatic carbocycles. The summed E-state index contributed by atoms with van der Waals surface area (Å²) in [6, 6.07) is 38.8. The van der Waals surface area contributed by atoms with Crippen LogP contribution in [0.25, 0.3) is 74.1 Å². The first-order chi connectivity index (χ1) is 40.1. The molecule has 0 bridgehead atoms. The molecule has 5 aromatic carbocycles. The summed E-state index contributed by atoms with van der Waals surface area (Å²) in [5.74, 6) is -2.89. The monoisotopic (exact) mass is 1210 g/mol. The fraction of sp³-hybridized carbons (Fsp3) is 0.145. The fourth-order valence-electron chi connectivity index (χ4n) is 8.81. The smallest absolute Gasteiger partial charge is 0.870 e. The first-order valence-electron chi connectivity index (χ1n) is 25.7. The molecular formula is C62H52LiN5O13S4. The number of hydrogen-bond donors (Lipinski definition) is 3. The van der Waals surface area contributed by atoms with E-state index >= 15 is 0 Å². The van der Waals surface area contributed by atoms with Crippen molar-refractivity contribution in [3.8, 4) is 33.8 Å². The van der Waals surface area contributed by atoms with Crippen LogP contribution in [-0.4, -0.2) is 80.3 Å². The van der Waals surface area contributed by atoms with Crippen LogP contribution in [-0.2, 0) is 25.5 Å². The average molecular weight is 1210 g/mol. The van der Waals surface area contributed by atoms with Gasteiger partial charge in [-0.3, -0.25) is 14.4 Å². The van der Waals surface area contributed by atoms with Gasteiger partial charge < -0.3 is 44.4 Å². The zero-order valence-electron chi connectivity index (χ0n) is 46.6. The number of aryl methyl sites for hydroxylation is 3. The van der Waals surface area contributed by atoms with Crippen molar-refractivity contribution in [2.45, 2.75) is 47.1 Å². The third kappa shape index (κ3) is 14.7. The Morgan fingerprint density at radius 1 is 0.529 bits per heavy atom. The molecule has 0 aliphatic rings. The predicted molar refractivity (Wildman–Crippen MR) is 324 cm³/mol. The Hall–Kier alpha value is -8.85. The maximum Gasteiger partial charge on any atom is 1.00 e. The molecule has 18 nitrogen and oxygen atoms in total. The number of carboxylic acids is 1. The summed E-state index contributed by atoms with van der Waals surface area (Å²) >= 11 is 6.23. The number of fused-ring (bicyclic) bond motifs is 4.